The van der Waals surface area contributed by atoms with E-state index in [9.17, 15) is 0 Å². The van der Waals surface area contributed by atoms with Crippen molar-refractivity contribution >= 4 is 17.4 Å². The number of anilines is 1. The summed E-state index contributed by atoms with van der Waals surface area (Å²) in [5, 5.41) is 0.459. The van der Waals surface area contributed by atoms with E-state index in [1.807, 2.05) is 24.3 Å². The average Bonchev–Trinajstić information content (AvgIpc) is 2.33. The van der Waals surface area contributed by atoms with Gasteiger partial charge in [-0.1, -0.05) is 23.7 Å². The molecule has 0 unspecified atom stereocenters. The van der Waals surface area contributed by atoms with Crippen LogP contribution in [0.1, 0.15) is 0 Å². The van der Waals surface area contributed by atoms with Gasteiger partial charge in [0.1, 0.15) is 11.6 Å². The van der Waals surface area contributed by atoms with Crippen molar-refractivity contribution in [2.45, 2.75) is 0 Å². The molecule has 0 atom stereocenters. The van der Waals surface area contributed by atoms with Gasteiger partial charge in [-0.15, -0.1) is 0 Å². The molecule has 3 nitrogen and oxygen atoms in total. The van der Waals surface area contributed by atoms with E-state index < -0.39 is 0 Å². The molecule has 4 heteroatoms. The summed E-state index contributed by atoms with van der Waals surface area (Å²) in [6.07, 6.45) is 1.69. The van der Waals surface area contributed by atoms with E-state index in [1.165, 1.54) is 0 Å². The summed E-state index contributed by atoms with van der Waals surface area (Å²) >= 11 is 5.92. The molecule has 0 fully saturated rings. The number of ether oxygens (including phenoxy) is 1. The Morgan fingerprint density at radius 1 is 1.25 bits per heavy atom. The Bertz CT molecular complexity index is 514. The zero-order valence-electron chi connectivity index (χ0n) is 8.77. The Labute approximate surface area is 98.8 Å². The molecule has 1 heterocycles. The van der Waals surface area contributed by atoms with Gasteiger partial charge in [0.2, 0.25) is 0 Å². The Balaban J connectivity index is 2.46. The van der Waals surface area contributed by atoms with Crippen LogP contribution in [0, 0.1) is 0 Å². The summed E-state index contributed by atoms with van der Waals surface area (Å²) in [6.45, 7) is 0. The number of halogens is 1. The fourth-order valence-corrected chi connectivity index (χ4v) is 1.58. The molecule has 0 radical (unpaired) electrons. The maximum absolute atomic E-state index is 5.92. The fourth-order valence-electron chi connectivity index (χ4n) is 1.41. The van der Waals surface area contributed by atoms with Crippen LogP contribution in [0.25, 0.3) is 11.1 Å². The summed E-state index contributed by atoms with van der Waals surface area (Å²) in [4.78, 5) is 4.02. The van der Waals surface area contributed by atoms with Crippen molar-refractivity contribution in [2.24, 2.45) is 0 Å². The number of pyridine rings is 1. The maximum Gasteiger partial charge on any atom is 0.142 e. The molecular weight excluding hydrogens is 224 g/mol. The molecule has 0 amide bonds. The molecule has 0 spiro atoms. The first kappa shape index (κ1) is 10.8. The van der Waals surface area contributed by atoms with Gasteiger partial charge < -0.3 is 10.5 Å². The number of aromatic nitrogens is 1. The fraction of sp³-hybridized carbons (Fsp3) is 0.0833. The Morgan fingerprint density at radius 3 is 2.75 bits per heavy atom. The van der Waals surface area contributed by atoms with E-state index in [0.29, 0.717) is 10.8 Å². The predicted molar refractivity (Wildman–Crippen MR) is 65.6 cm³/mol. The average molecular weight is 235 g/mol. The molecule has 82 valence electrons. The minimum absolute atomic E-state index is 0.341. The number of rotatable bonds is 2. The standard InChI is InChI=1S/C12H11ClN2O/c1-16-10-4-2-3-8(5-10)9-6-11(13)12(14)15-7-9/h2-7H,1H3,(H2,14,15). The first-order valence-corrected chi connectivity index (χ1v) is 5.14. The molecule has 1 aromatic carbocycles. The van der Waals surface area contributed by atoms with Gasteiger partial charge in [-0.2, -0.15) is 0 Å². The monoisotopic (exact) mass is 234 g/mol. The second-order valence-electron chi connectivity index (χ2n) is 3.32. The minimum Gasteiger partial charge on any atom is -0.497 e. The van der Waals surface area contributed by atoms with Crippen LogP contribution in [0.5, 0.6) is 5.75 Å². The van der Waals surface area contributed by atoms with Crippen molar-refractivity contribution in [1.82, 2.24) is 4.98 Å². The third kappa shape index (κ3) is 2.09. The highest BCUT2D eigenvalue weighted by atomic mass is 35.5. The van der Waals surface area contributed by atoms with Gasteiger partial charge in [-0.3, -0.25) is 0 Å². The number of nitrogen functional groups attached to an aromatic ring is 1. The molecule has 0 aliphatic rings. The van der Waals surface area contributed by atoms with Crippen molar-refractivity contribution in [3.05, 3.63) is 41.6 Å². The van der Waals surface area contributed by atoms with E-state index >= 15 is 0 Å². The van der Waals surface area contributed by atoms with Gasteiger partial charge >= 0.3 is 0 Å². The lowest BCUT2D eigenvalue weighted by Crippen LogP contribution is -1.91. The van der Waals surface area contributed by atoms with Crippen LogP contribution in [0.2, 0.25) is 5.02 Å². The number of nitrogens with zero attached hydrogens (tertiary/aromatic N) is 1. The van der Waals surface area contributed by atoms with Gasteiger partial charge in [0.25, 0.3) is 0 Å². The highest BCUT2D eigenvalue weighted by Crippen LogP contribution is 2.27. The van der Waals surface area contributed by atoms with Crippen LogP contribution >= 0.6 is 11.6 Å². The first-order chi connectivity index (χ1) is 7.70. The zero-order chi connectivity index (χ0) is 11.5. The minimum atomic E-state index is 0.341. The van der Waals surface area contributed by atoms with Gasteiger partial charge in [0.05, 0.1) is 12.1 Å². The van der Waals surface area contributed by atoms with Crippen molar-refractivity contribution in [1.29, 1.82) is 0 Å². The van der Waals surface area contributed by atoms with Crippen LogP contribution in [-0.4, -0.2) is 12.1 Å². The van der Waals surface area contributed by atoms with Gasteiger partial charge in [0.15, 0.2) is 0 Å². The second kappa shape index (κ2) is 4.41. The number of benzene rings is 1. The maximum atomic E-state index is 5.92. The van der Waals surface area contributed by atoms with Crippen LogP contribution in [0.3, 0.4) is 0 Å². The molecule has 0 saturated heterocycles. The van der Waals surface area contributed by atoms with E-state index in [1.54, 1.807) is 19.4 Å². The smallest absolute Gasteiger partial charge is 0.142 e. The summed E-state index contributed by atoms with van der Waals surface area (Å²) in [5.41, 5.74) is 7.46. The first-order valence-electron chi connectivity index (χ1n) is 4.76. The van der Waals surface area contributed by atoms with E-state index in [2.05, 4.69) is 4.98 Å². The second-order valence-corrected chi connectivity index (χ2v) is 3.73. The lowest BCUT2D eigenvalue weighted by Gasteiger charge is -2.05. The number of nitrogens with two attached hydrogens (primary N) is 1. The SMILES string of the molecule is COc1cccc(-c2cnc(N)c(Cl)c2)c1. The lowest BCUT2D eigenvalue weighted by atomic mass is 10.1. The third-order valence-electron chi connectivity index (χ3n) is 2.27. The van der Waals surface area contributed by atoms with Gasteiger partial charge in [-0.25, -0.2) is 4.98 Å². The number of methoxy groups -OCH3 is 1. The highest BCUT2D eigenvalue weighted by Gasteiger charge is 2.03. The Morgan fingerprint density at radius 2 is 2.06 bits per heavy atom. The number of hydrogen-bond acceptors (Lipinski definition) is 3. The van der Waals surface area contributed by atoms with E-state index in [0.717, 1.165) is 16.9 Å². The Hall–Kier alpha value is -1.74. The Kier molecular flexibility index (Phi) is 2.97. The van der Waals surface area contributed by atoms with Crippen LogP contribution in [0.4, 0.5) is 5.82 Å². The summed E-state index contributed by atoms with van der Waals surface area (Å²) in [7, 11) is 1.63. The molecule has 0 aliphatic heterocycles. The summed E-state index contributed by atoms with van der Waals surface area (Å²) in [5.74, 6) is 1.14. The predicted octanol–water partition coefficient (Wildman–Crippen LogP) is 2.99. The van der Waals surface area contributed by atoms with Gasteiger partial charge in [-0.05, 0) is 23.8 Å². The van der Waals surface area contributed by atoms with Crippen molar-refractivity contribution in [3.8, 4) is 16.9 Å². The molecular formula is C12H11ClN2O. The molecule has 0 saturated carbocycles. The molecule has 1 aromatic heterocycles. The normalized spacial score (nSPS) is 10.1. The van der Waals surface area contributed by atoms with E-state index in [4.69, 9.17) is 22.1 Å². The van der Waals surface area contributed by atoms with Crippen LogP contribution < -0.4 is 10.5 Å². The lowest BCUT2D eigenvalue weighted by molar-refractivity contribution is 0.415. The molecule has 0 bridgehead atoms. The van der Waals surface area contributed by atoms with Crippen molar-refractivity contribution < 1.29 is 4.74 Å². The number of hydrogen-bond donors (Lipinski definition) is 1. The highest BCUT2D eigenvalue weighted by molar-refractivity contribution is 6.33. The van der Waals surface area contributed by atoms with Crippen LogP contribution in [-0.2, 0) is 0 Å². The van der Waals surface area contributed by atoms with Gasteiger partial charge in [0, 0.05) is 11.8 Å². The zero-order valence-corrected chi connectivity index (χ0v) is 9.53. The molecule has 16 heavy (non-hydrogen) atoms. The summed E-state index contributed by atoms with van der Waals surface area (Å²) < 4.78 is 5.15. The third-order valence-corrected chi connectivity index (χ3v) is 2.58. The van der Waals surface area contributed by atoms with Crippen molar-refractivity contribution in [3.63, 3.8) is 0 Å². The quantitative estimate of drug-likeness (QED) is 0.869. The van der Waals surface area contributed by atoms with Crippen molar-refractivity contribution in [2.75, 3.05) is 12.8 Å². The largest absolute Gasteiger partial charge is 0.497 e. The summed E-state index contributed by atoms with van der Waals surface area (Å²) in [6, 6.07) is 9.47. The molecule has 2 aromatic rings. The van der Waals surface area contributed by atoms with E-state index in [-0.39, 0.29) is 0 Å². The topological polar surface area (TPSA) is 48.1 Å². The van der Waals surface area contributed by atoms with Crippen LogP contribution in [0.15, 0.2) is 36.5 Å². The molecule has 0 aliphatic carbocycles. The molecule has 2 rings (SSSR count). The molecule has 2 N–H and O–H groups in total.